The Morgan fingerprint density at radius 1 is 1.21 bits per heavy atom. The molecule has 1 saturated heterocycles. The Kier molecular flexibility index (Phi) is 5.79. The second kappa shape index (κ2) is 8.77. The molecule has 5 rings (SSSR count). The number of nitriles is 1. The third-order valence-corrected chi connectivity index (χ3v) is 6.25. The van der Waals surface area contributed by atoms with E-state index in [2.05, 4.69) is 26.8 Å². The van der Waals surface area contributed by atoms with Crippen LogP contribution in [0.15, 0.2) is 41.3 Å². The summed E-state index contributed by atoms with van der Waals surface area (Å²) >= 11 is 0. The molecule has 1 aromatic carbocycles. The van der Waals surface area contributed by atoms with Crippen molar-refractivity contribution in [2.45, 2.75) is 43.6 Å². The van der Waals surface area contributed by atoms with E-state index in [0.29, 0.717) is 36.2 Å². The summed E-state index contributed by atoms with van der Waals surface area (Å²) in [6.45, 7) is 0.781. The summed E-state index contributed by atoms with van der Waals surface area (Å²) in [4.78, 5) is 15.2. The van der Waals surface area contributed by atoms with Crippen LogP contribution in [0.5, 0.6) is 0 Å². The molecule has 34 heavy (non-hydrogen) atoms. The number of H-pyrrole nitrogens is 1. The number of benzene rings is 1. The predicted molar refractivity (Wildman–Crippen MR) is 119 cm³/mol. The largest absolute Gasteiger partial charge is 0.407 e. The van der Waals surface area contributed by atoms with Crippen molar-refractivity contribution in [2.75, 3.05) is 18.5 Å². The van der Waals surface area contributed by atoms with E-state index in [-0.39, 0.29) is 34.9 Å². The van der Waals surface area contributed by atoms with Crippen LogP contribution < -0.4 is 16.2 Å². The third kappa shape index (κ3) is 4.38. The van der Waals surface area contributed by atoms with Crippen LogP contribution >= 0.6 is 0 Å². The molecule has 0 bridgehead atoms. The number of hydrogen-bond acceptors (Lipinski definition) is 6. The Morgan fingerprint density at radius 3 is 2.65 bits per heavy atom. The number of ether oxygens (including phenoxy) is 1. The van der Waals surface area contributed by atoms with Gasteiger partial charge in [0.1, 0.15) is 11.4 Å². The van der Waals surface area contributed by atoms with Gasteiger partial charge in [0.15, 0.2) is 5.82 Å². The van der Waals surface area contributed by atoms with Crippen molar-refractivity contribution in [3.63, 3.8) is 0 Å². The maximum absolute atomic E-state index is 13.5. The van der Waals surface area contributed by atoms with Crippen LogP contribution in [-0.2, 0) is 4.74 Å². The molecule has 3 heterocycles. The highest BCUT2D eigenvalue weighted by Gasteiger charge is 2.43. The third-order valence-electron chi connectivity index (χ3n) is 6.25. The van der Waals surface area contributed by atoms with Crippen LogP contribution in [0.2, 0.25) is 0 Å². The Hall–Kier alpha value is -3.36. The second-order valence-corrected chi connectivity index (χ2v) is 8.69. The fourth-order valence-electron chi connectivity index (χ4n) is 4.32. The number of nitrogens with zero attached hydrogens (tertiary/aromatic N) is 3. The number of alkyl halides is 3. The summed E-state index contributed by atoms with van der Waals surface area (Å²) in [6, 6.07) is 7.71. The molecule has 0 spiro atoms. The summed E-state index contributed by atoms with van der Waals surface area (Å²) in [5.74, 6) is -0.0584. The van der Waals surface area contributed by atoms with Crippen LogP contribution in [0.3, 0.4) is 0 Å². The SMILES string of the molecule is N#CC1CCOC[C@@H]1n1nc(Nc2ccc(C(NC3CC3)C(F)(F)F)cc2)c2c(=O)[nH]ccc21. The molecule has 3 aromatic rings. The molecular formula is C23H23F3N6O2. The molecule has 11 heteroatoms. The standard InChI is InChI=1S/C23H23F3N6O2/c24-23(25,26)20(29-15-5-6-15)13-1-3-16(4-2-13)30-21-19-17(7-9-28-22(19)33)32(31-21)18-12-34-10-8-14(18)11-27/h1-4,7,9,14-15,18,20,29H,5-6,8,10,12H2,(H,28,33)(H,30,31)/t14?,18-,20?/m0/s1. The molecule has 3 atom stereocenters. The quantitative estimate of drug-likeness (QED) is 0.502. The van der Waals surface area contributed by atoms with Crippen molar-refractivity contribution in [2.24, 2.45) is 5.92 Å². The smallest absolute Gasteiger partial charge is 0.379 e. The van der Waals surface area contributed by atoms with Crippen LogP contribution in [0.1, 0.15) is 36.9 Å². The number of hydrogen-bond donors (Lipinski definition) is 3. The number of fused-ring (bicyclic) bond motifs is 1. The molecule has 2 fully saturated rings. The fourth-order valence-corrected chi connectivity index (χ4v) is 4.32. The zero-order chi connectivity index (χ0) is 23.9. The van der Waals surface area contributed by atoms with Crippen LogP contribution in [0.4, 0.5) is 24.7 Å². The molecule has 2 aromatic heterocycles. The number of pyridine rings is 1. The topological polar surface area (TPSA) is 108 Å². The van der Waals surface area contributed by atoms with E-state index >= 15 is 0 Å². The number of aromatic nitrogens is 3. The first-order valence-electron chi connectivity index (χ1n) is 11.1. The second-order valence-electron chi connectivity index (χ2n) is 8.69. The number of anilines is 2. The summed E-state index contributed by atoms with van der Waals surface area (Å²) in [7, 11) is 0. The van der Waals surface area contributed by atoms with Gasteiger partial charge in [-0.2, -0.15) is 23.5 Å². The number of aromatic amines is 1. The molecule has 0 radical (unpaired) electrons. The van der Waals surface area contributed by atoms with E-state index in [1.807, 2.05) is 0 Å². The zero-order valence-corrected chi connectivity index (χ0v) is 18.1. The first kappa shape index (κ1) is 22.4. The van der Waals surface area contributed by atoms with Gasteiger partial charge < -0.3 is 15.0 Å². The van der Waals surface area contributed by atoms with Crippen LogP contribution in [-0.4, -0.2) is 40.2 Å². The van der Waals surface area contributed by atoms with E-state index in [0.717, 1.165) is 12.8 Å². The minimum Gasteiger partial charge on any atom is -0.379 e. The summed E-state index contributed by atoms with van der Waals surface area (Å²) in [5.41, 5.74) is 0.792. The van der Waals surface area contributed by atoms with Gasteiger partial charge in [0.05, 0.1) is 30.2 Å². The van der Waals surface area contributed by atoms with Crippen molar-refractivity contribution in [1.82, 2.24) is 20.1 Å². The normalized spacial score (nSPS) is 21.8. The molecule has 3 N–H and O–H groups in total. The fraction of sp³-hybridized carbons (Fsp3) is 0.435. The molecule has 178 valence electrons. The maximum atomic E-state index is 13.5. The van der Waals surface area contributed by atoms with Gasteiger partial charge in [-0.3, -0.25) is 14.8 Å². The molecular weight excluding hydrogens is 449 g/mol. The van der Waals surface area contributed by atoms with Gasteiger partial charge in [0.2, 0.25) is 0 Å². The van der Waals surface area contributed by atoms with Crippen LogP contribution in [0.25, 0.3) is 10.9 Å². The zero-order valence-electron chi connectivity index (χ0n) is 18.1. The Morgan fingerprint density at radius 2 is 1.97 bits per heavy atom. The molecule has 2 unspecified atom stereocenters. The van der Waals surface area contributed by atoms with E-state index in [9.17, 15) is 23.2 Å². The average Bonchev–Trinajstić information content (AvgIpc) is 3.57. The summed E-state index contributed by atoms with van der Waals surface area (Å²) in [5, 5.41) is 20.2. The van der Waals surface area contributed by atoms with Gasteiger partial charge in [-0.15, -0.1) is 0 Å². The lowest BCUT2D eigenvalue weighted by molar-refractivity contribution is -0.158. The predicted octanol–water partition coefficient (Wildman–Crippen LogP) is 3.92. The molecule has 8 nitrogen and oxygen atoms in total. The molecule has 2 aliphatic rings. The van der Waals surface area contributed by atoms with Gasteiger partial charge in [-0.05, 0) is 43.0 Å². The summed E-state index contributed by atoms with van der Waals surface area (Å²) in [6.07, 6.45) is -0.842. The number of nitrogens with one attached hydrogen (secondary N) is 3. The highest BCUT2D eigenvalue weighted by Crippen LogP contribution is 2.37. The van der Waals surface area contributed by atoms with Gasteiger partial charge in [-0.1, -0.05) is 12.1 Å². The van der Waals surface area contributed by atoms with Gasteiger partial charge in [0.25, 0.3) is 5.56 Å². The Bertz CT molecular complexity index is 1270. The lowest BCUT2D eigenvalue weighted by atomic mass is 9.96. The van der Waals surface area contributed by atoms with E-state index < -0.39 is 12.2 Å². The van der Waals surface area contributed by atoms with Crippen molar-refractivity contribution in [3.05, 3.63) is 52.4 Å². The van der Waals surface area contributed by atoms with E-state index in [1.165, 1.54) is 30.5 Å². The monoisotopic (exact) mass is 472 g/mol. The summed E-state index contributed by atoms with van der Waals surface area (Å²) < 4.78 is 47.8. The molecule has 1 saturated carbocycles. The first-order valence-corrected chi connectivity index (χ1v) is 11.1. The van der Waals surface area contributed by atoms with Crippen molar-refractivity contribution in [3.8, 4) is 6.07 Å². The molecule has 0 amide bonds. The highest BCUT2D eigenvalue weighted by atomic mass is 19.4. The van der Waals surface area contributed by atoms with Crippen LogP contribution in [0, 0.1) is 17.2 Å². The maximum Gasteiger partial charge on any atom is 0.407 e. The average molecular weight is 472 g/mol. The minimum atomic E-state index is -4.40. The van der Waals surface area contributed by atoms with E-state index in [4.69, 9.17) is 4.74 Å². The Labute approximate surface area is 192 Å². The van der Waals surface area contributed by atoms with Gasteiger partial charge in [0, 0.05) is 24.5 Å². The Balaban J connectivity index is 1.46. The van der Waals surface area contributed by atoms with Gasteiger partial charge in [-0.25, -0.2) is 0 Å². The molecule has 1 aliphatic carbocycles. The van der Waals surface area contributed by atoms with Crippen molar-refractivity contribution < 1.29 is 17.9 Å². The van der Waals surface area contributed by atoms with Crippen molar-refractivity contribution in [1.29, 1.82) is 5.26 Å². The van der Waals surface area contributed by atoms with Gasteiger partial charge >= 0.3 is 6.18 Å². The number of rotatable bonds is 6. The molecule has 1 aliphatic heterocycles. The van der Waals surface area contributed by atoms with Crippen molar-refractivity contribution >= 4 is 22.4 Å². The highest BCUT2D eigenvalue weighted by molar-refractivity contribution is 5.91. The lowest BCUT2D eigenvalue weighted by Crippen LogP contribution is -2.35. The van der Waals surface area contributed by atoms with E-state index in [1.54, 1.807) is 10.7 Å². The number of halogens is 3. The lowest BCUT2D eigenvalue weighted by Gasteiger charge is -2.27. The minimum absolute atomic E-state index is 0.104. The first-order chi connectivity index (χ1) is 16.3.